The van der Waals surface area contributed by atoms with Gasteiger partial charge >= 0.3 is 0 Å². The lowest BCUT2D eigenvalue weighted by atomic mass is 10.2. The Morgan fingerprint density at radius 3 is 2.65 bits per heavy atom. The molecule has 6 heteroatoms. The van der Waals surface area contributed by atoms with Crippen molar-refractivity contribution in [3.05, 3.63) is 54.3 Å². The predicted octanol–water partition coefficient (Wildman–Crippen LogP) is 3.45. The van der Waals surface area contributed by atoms with Crippen LogP contribution in [0, 0.1) is 5.92 Å². The van der Waals surface area contributed by atoms with Gasteiger partial charge in [0.1, 0.15) is 0 Å². The zero-order valence-electron chi connectivity index (χ0n) is 13.1. The van der Waals surface area contributed by atoms with Gasteiger partial charge in [0.2, 0.25) is 11.8 Å². The third-order valence-corrected chi connectivity index (χ3v) is 3.34. The molecule has 0 unspecified atom stereocenters. The van der Waals surface area contributed by atoms with Crippen LogP contribution in [0.5, 0.6) is 0 Å². The molecule has 3 rings (SSSR count). The highest BCUT2D eigenvalue weighted by Crippen LogP contribution is 2.19. The van der Waals surface area contributed by atoms with Gasteiger partial charge in [0.05, 0.1) is 6.26 Å². The Hall–Kier alpha value is -2.89. The molecule has 1 aromatic carbocycles. The van der Waals surface area contributed by atoms with Crippen molar-refractivity contribution < 1.29 is 9.21 Å². The number of carbonyl (C=O) groups excluding carboxylic acids is 1. The van der Waals surface area contributed by atoms with Gasteiger partial charge in [-0.25, -0.2) is 0 Å². The van der Waals surface area contributed by atoms with Gasteiger partial charge in [-0.1, -0.05) is 44.2 Å². The fraction of sp³-hybridized carbons (Fsp3) is 0.235. The maximum Gasteiger partial charge on any atom is 0.252 e. The Bertz CT molecular complexity index is 776. The zero-order valence-corrected chi connectivity index (χ0v) is 13.1. The Morgan fingerprint density at radius 2 is 2.00 bits per heavy atom. The first-order chi connectivity index (χ1) is 11.1. The van der Waals surface area contributed by atoms with Gasteiger partial charge in [-0.15, -0.1) is 5.10 Å². The van der Waals surface area contributed by atoms with Gasteiger partial charge in [0.15, 0.2) is 5.76 Å². The van der Waals surface area contributed by atoms with Gasteiger partial charge in [-0.2, -0.15) is 9.67 Å². The van der Waals surface area contributed by atoms with Crippen molar-refractivity contribution >= 4 is 11.9 Å². The third kappa shape index (κ3) is 3.31. The first-order valence-corrected chi connectivity index (χ1v) is 7.48. The molecule has 0 spiro atoms. The van der Waals surface area contributed by atoms with Crippen LogP contribution in [0.15, 0.2) is 53.1 Å². The maximum absolute atomic E-state index is 12.3. The summed E-state index contributed by atoms with van der Waals surface area (Å²) in [5.41, 5.74) is 1.10. The Labute approximate surface area is 134 Å². The number of hydrogen-bond donors (Lipinski definition) is 1. The molecule has 0 radical (unpaired) electrons. The number of carbonyl (C=O) groups is 1. The number of hydrogen-bond acceptors (Lipinski definition) is 5. The zero-order chi connectivity index (χ0) is 16.2. The lowest BCUT2D eigenvalue weighted by molar-refractivity contribution is 0.0841. The topological polar surface area (TPSA) is 73.0 Å². The summed E-state index contributed by atoms with van der Waals surface area (Å²) in [4.78, 5) is 16.7. The van der Waals surface area contributed by atoms with E-state index in [9.17, 15) is 4.79 Å². The van der Waals surface area contributed by atoms with Crippen molar-refractivity contribution in [1.29, 1.82) is 0 Å². The van der Waals surface area contributed by atoms with Crippen LogP contribution in [0.3, 0.4) is 0 Å². The van der Waals surface area contributed by atoms with E-state index in [2.05, 4.69) is 15.4 Å². The summed E-state index contributed by atoms with van der Waals surface area (Å²) >= 11 is 0. The van der Waals surface area contributed by atoms with Gasteiger partial charge in [-0.3, -0.25) is 4.79 Å². The highest BCUT2D eigenvalue weighted by atomic mass is 16.3. The first kappa shape index (κ1) is 15.0. The lowest BCUT2D eigenvalue weighted by Gasteiger charge is -2.08. The molecule has 23 heavy (non-hydrogen) atoms. The molecule has 0 amide bonds. The molecule has 118 valence electrons. The van der Waals surface area contributed by atoms with Crippen molar-refractivity contribution in [2.45, 2.75) is 20.4 Å². The standard InChI is InChI=1S/C17H18N4O2/c1-12(2)16(22)21-17(18-11-13-7-4-3-5-8-13)19-15(20-21)14-9-6-10-23-14/h3-10,12H,11H2,1-2H3,(H,18,19,20). The van der Waals surface area contributed by atoms with Crippen molar-refractivity contribution in [3.63, 3.8) is 0 Å². The summed E-state index contributed by atoms with van der Waals surface area (Å²) < 4.78 is 6.62. The molecule has 0 fully saturated rings. The van der Waals surface area contributed by atoms with E-state index in [1.807, 2.05) is 44.2 Å². The Kier molecular flexibility index (Phi) is 4.23. The van der Waals surface area contributed by atoms with E-state index < -0.39 is 0 Å². The van der Waals surface area contributed by atoms with Crippen molar-refractivity contribution in [2.24, 2.45) is 5.92 Å². The summed E-state index contributed by atoms with van der Waals surface area (Å²) in [5, 5.41) is 7.46. The molecule has 0 aliphatic carbocycles. The molecule has 2 aromatic heterocycles. The third-order valence-electron chi connectivity index (χ3n) is 3.34. The van der Waals surface area contributed by atoms with Crippen molar-refractivity contribution in [1.82, 2.24) is 14.8 Å². The molecule has 3 aromatic rings. The minimum Gasteiger partial charge on any atom is -0.461 e. The number of aromatic nitrogens is 3. The summed E-state index contributed by atoms with van der Waals surface area (Å²) in [7, 11) is 0. The quantitative estimate of drug-likeness (QED) is 0.781. The summed E-state index contributed by atoms with van der Waals surface area (Å²) in [6, 6.07) is 13.4. The average Bonchev–Trinajstić information content (AvgIpc) is 3.22. The first-order valence-electron chi connectivity index (χ1n) is 7.48. The average molecular weight is 310 g/mol. The molecule has 0 aliphatic heterocycles. The van der Waals surface area contributed by atoms with Crippen LogP contribution in [0.4, 0.5) is 5.95 Å². The van der Waals surface area contributed by atoms with E-state index in [1.54, 1.807) is 18.4 Å². The van der Waals surface area contributed by atoms with Crippen LogP contribution in [0.1, 0.15) is 24.2 Å². The number of furan rings is 1. The monoisotopic (exact) mass is 310 g/mol. The molecule has 0 atom stereocenters. The molecular weight excluding hydrogens is 292 g/mol. The van der Waals surface area contributed by atoms with E-state index in [1.165, 1.54) is 4.68 Å². The van der Waals surface area contributed by atoms with E-state index >= 15 is 0 Å². The molecule has 0 saturated carbocycles. The van der Waals surface area contributed by atoms with Crippen molar-refractivity contribution in [2.75, 3.05) is 5.32 Å². The summed E-state index contributed by atoms with van der Waals surface area (Å²) in [6.45, 7) is 4.22. The van der Waals surface area contributed by atoms with E-state index in [0.29, 0.717) is 24.1 Å². The normalized spacial score (nSPS) is 10.9. The largest absolute Gasteiger partial charge is 0.461 e. The van der Waals surface area contributed by atoms with Gasteiger partial charge in [-0.05, 0) is 17.7 Å². The van der Waals surface area contributed by atoms with E-state index in [4.69, 9.17) is 4.42 Å². The maximum atomic E-state index is 12.3. The van der Waals surface area contributed by atoms with Gasteiger partial charge < -0.3 is 9.73 Å². The minimum atomic E-state index is -0.182. The molecule has 2 heterocycles. The summed E-state index contributed by atoms with van der Waals surface area (Å²) in [5.74, 6) is 1.03. The number of rotatable bonds is 5. The molecule has 0 bridgehead atoms. The van der Waals surface area contributed by atoms with Crippen LogP contribution >= 0.6 is 0 Å². The van der Waals surface area contributed by atoms with Gasteiger partial charge in [0, 0.05) is 12.5 Å². The second-order valence-corrected chi connectivity index (χ2v) is 5.48. The Morgan fingerprint density at radius 1 is 1.22 bits per heavy atom. The van der Waals surface area contributed by atoms with Crippen LogP contribution in [0.2, 0.25) is 0 Å². The van der Waals surface area contributed by atoms with Crippen LogP contribution in [-0.4, -0.2) is 20.7 Å². The predicted molar refractivity (Wildman–Crippen MR) is 87.0 cm³/mol. The highest BCUT2D eigenvalue weighted by molar-refractivity contribution is 5.82. The fourth-order valence-electron chi connectivity index (χ4n) is 2.11. The molecular formula is C17H18N4O2. The van der Waals surface area contributed by atoms with Crippen LogP contribution < -0.4 is 5.32 Å². The minimum absolute atomic E-state index is 0.120. The molecule has 6 nitrogen and oxygen atoms in total. The van der Waals surface area contributed by atoms with Crippen LogP contribution in [-0.2, 0) is 6.54 Å². The second kappa shape index (κ2) is 6.48. The fourth-order valence-corrected chi connectivity index (χ4v) is 2.11. The lowest BCUT2D eigenvalue weighted by Crippen LogP contribution is -2.21. The number of anilines is 1. The van der Waals surface area contributed by atoms with E-state index in [-0.39, 0.29) is 11.8 Å². The SMILES string of the molecule is CC(C)C(=O)n1nc(-c2ccco2)nc1NCc1ccccc1. The number of nitrogens with one attached hydrogen (secondary N) is 1. The molecule has 0 saturated heterocycles. The number of nitrogens with zero attached hydrogens (tertiary/aromatic N) is 3. The van der Waals surface area contributed by atoms with E-state index in [0.717, 1.165) is 5.56 Å². The summed E-state index contributed by atoms with van der Waals surface area (Å²) in [6.07, 6.45) is 1.55. The van der Waals surface area contributed by atoms with Gasteiger partial charge in [0.25, 0.3) is 5.91 Å². The smallest absolute Gasteiger partial charge is 0.252 e. The number of benzene rings is 1. The Balaban J connectivity index is 1.89. The molecule has 0 aliphatic rings. The highest BCUT2D eigenvalue weighted by Gasteiger charge is 2.20. The van der Waals surface area contributed by atoms with Crippen LogP contribution in [0.25, 0.3) is 11.6 Å². The van der Waals surface area contributed by atoms with Crippen molar-refractivity contribution in [3.8, 4) is 11.6 Å². The second-order valence-electron chi connectivity index (χ2n) is 5.48. The molecule has 1 N–H and O–H groups in total.